The van der Waals surface area contributed by atoms with Crippen molar-refractivity contribution in [2.24, 2.45) is 5.73 Å². The summed E-state index contributed by atoms with van der Waals surface area (Å²) in [6.45, 7) is 8.27. The molecule has 2 heteroatoms. The summed E-state index contributed by atoms with van der Waals surface area (Å²) in [6, 6.07) is 8.78. The fourth-order valence-electron chi connectivity index (χ4n) is 1.79. The average molecular weight is 220 g/mol. The quantitative estimate of drug-likeness (QED) is 0.765. The molecule has 0 radical (unpaired) electrons. The Kier molecular flexibility index (Phi) is 6.12. The highest BCUT2D eigenvalue weighted by Gasteiger charge is 2.04. The van der Waals surface area contributed by atoms with Crippen LogP contribution >= 0.6 is 0 Å². The minimum Gasteiger partial charge on any atom is -0.329 e. The fraction of sp³-hybridized carbons (Fsp3) is 0.571. The monoisotopic (exact) mass is 220 g/mol. The molecular weight excluding hydrogens is 196 g/mol. The van der Waals surface area contributed by atoms with E-state index < -0.39 is 0 Å². The molecule has 0 fully saturated rings. The van der Waals surface area contributed by atoms with Crippen molar-refractivity contribution in [1.82, 2.24) is 4.90 Å². The largest absolute Gasteiger partial charge is 0.329 e. The van der Waals surface area contributed by atoms with E-state index in [2.05, 4.69) is 43.0 Å². The van der Waals surface area contributed by atoms with Crippen LogP contribution in [0.3, 0.4) is 0 Å². The number of hydrogen-bond acceptors (Lipinski definition) is 2. The molecule has 0 aliphatic heterocycles. The van der Waals surface area contributed by atoms with Gasteiger partial charge in [-0.25, -0.2) is 0 Å². The third-order valence-electron chi connectivity index (χ3n) is 2.80. The van der Waals surface area contributed by atoms with Crippen molar-refractivity contribution in [3.63, 3.8) is 0 Å². The van der Waals surface area contributed by atoms with E-state index in [1.165, 1.54) is 24.0 Å². The summed E-state index contributed by atoms with van der Waals surface area (Å²) < 4.78 is 0. The van der Waals surface area contributed by atoms with Gasteiger partial charge in [0.1, 0.15) is 0 Å². The zero-order valence-corrected chi connectivity index (χ0v) is 10.6. The van der Waals surface area contributed by atoms with Crippen LogP contribution in [-0.4, -0.2) is 24.5 Å². The van der Waals surface area contributed by atoms with E-state index in [4.69, 9.17) is 5.73 Å². The lowest BCUT2D eigenvalue weighted by molar-refractivity contribution is 0.268. The van der Waals surface area contributed by atoms with E-state index >= 15 is 0 Å². The minimum absolute atomic E-state index is 0.746. The Labute approximate surface area is 99.5 Å². The Bertz CT molecular complexity index is 279. The Morgan fingerprint density at radius 2 is 1.81 bits per heavy atom. The molecule has 0 saturated heterocycles. The molecule has 0 unspecified atom stereocenters. The highest BCUT2D eigenvalue weighted by Crippen LogP contribution is 2.07. The summed E-state index contributed by atoms with van der Waals surface area (Å²) >= 11 is 0. The third-order valence-corrected chi connectivity index (χ3v) is 2.80. The van der Waals surface area contributed by atoms with Gasteiger partial charge in [0, 0.05) is 19.6 Å². The van der Waals surface area contributed by atoms with Crippen molar-refractivity contribution >= 4 is 0 Å². The molecule has 0 saturated carbocycles. The molecule has 1 aromatic carbocycles. The molecular formula is C14H24N2. The van der Waals surface area contributed by atoms with E-state index in [0.717, 1.165) is 26.2 Å². The summed E-state index contributed by atoms with van der Waals surface area (Å²) in [5.74, 6) is 0. The van der Waals surface area contributed by atoms with Gasteiger partial charge in [0.25, 0.3) is 0 Å². The number of unbranched alkanes of at least 4 members (excludes halogenated alkanes) is 1. The van der Waals surface area contributed by atoms with Crippen LogP contribution < -0.4 is 5.73 Å². The van der Waals surface area contributed by atoms with Crippen molar-refractivity contribution in [2.45, 2.75) is 33.2 Å². The molecule has 0 aliphatic rings. The number of benzene rings is 1. The molecule has 0 aromatic heterocycles. The second-order valence-electron chi connectivity index (χ2n) is 4.40. The summed E-state index contributed by atoms with van der Waals surface area (Å²) in [7, 11) is 0. The first-order valence-corrected chi connectivity index (χ1v) is 6.24. The molecule has 0 aliphatic carbocycles. The Hall–Kier alpha value is -0.860. The van der Waals surface area contributed by atoms with Crippen molar-refractivity contribution in [2.75, 3.05) is 19.6 Å². The molecule has 1 aromatic rings. The van der Waals surface area contributed by atoms with Crippen molar-refractivity contribution in [3.8, 4) is 0 Å². The van der Waals surface area contributed by atoms with Gasteiger partial charge in [0.2, 0.25) is 0 Å². The van der Waals surface area contributed by atoms with Crippen LogP contribution in [0, 0.1) is 6.92 Å². The van der Waals surface area contributed by atoms with Crippen LogP contribution in [-0.2, 0) is 6.54 Å². The van der Waals surface area contributed by atoms with Crippen LogP contribution in [0.2, 0.25) is 0 Å². The van der Waals surface area contributed by atoms with Gasteiger partial charge in [-0.1, -0.05) is 43.2 Å². The number of nitrogens with two attached hydrogens (primary N) is 1. The first-order valence-electron chi connectivity index (χ1n) is 6.24. The van der Waals surface area contributed by atoms with Crippen LogP contribution in [0.5, 0.6) is 0 Å². The van der Waals surface area contributed by atoms with Gasteiger partial charge in [-0.3, -0.25) is 4.90 Å². The topological polar surface area (TPSA) is 29.3 Å². The van der Waals surface area contributed by atoms with E-state index in [-0.39, 0.29) is 0 Å². The summed E-state index contributed by atoms with van der Waals surface area (Å²) in [5.41, 5.74) is 8.34. The highest BCUT2D eigenvalue weighted by atomic mass is 15.1. The summed E-state index contributed by atoms with van der Waals surface area (Å²) in [4.78, 5) is 2.44. The molecule has 0 atom stereocenters. The average Bonchev–Trinajstić information content (AvgIpc) is 2.29. The van der Waals surface area contributed by atoms with Gasteiger partial charge < -0.3 is 5.73 Å². The van der Waals surface area contributed by atoms with E-state index in [1.807, 2.05) is 0 Å². The first kappa shape index (κ1) is 13.2. The van der Waals surface area contributed by atoms with Gasteiger partial charge >= 0.3 is 0 Å². The smallest absolute Gasteiger partial charge is 0.0234 e. The predicted octanol–water partition coefficient (Wildman–Crippen LogP) is 2.56. The van der Waals surface area contributed by atoms with E-state index in [0.29, 0.717) is 0 Å². The third kappa shape index (κ3) is 4.77. The van der Waals surface area contributed by atoms with E-state index in [1.54, 1.807) is 0 Å². The molecule has 0 heterocycles. The molecule has 1 rings (SSSR count). The van der Waals surface area contributed by atoms with Gasteiger partial charge in [0.05, 0.1) is 0 Å². The Morgan fingerprint density at radius 1 is 1.12 bits per heavy atom. The molecule has 16 heavy (non-hydrogen) atoms. The molecule has 2 nitrogen and oxygen atoms in total. The maximum Gasteiger partial charge on any atom is 0.0234 e. The second kappa shape index (κ2) is 7.42. The Morgan fingerprint density at radius 3 is 2.38 bits per heavy atom. The lowest BCUT2D eigenvalue weighted by Crippen LogP contribution is -2.30. The van der Waals surface area contributed by atoms with Crippen molar-refractivity contribution in [1.29, 1.82) is 0 Å². The molecule has 0 amide bonds. The summed E-state index contributed by atoms with van der Waals surface area (Å²) in [5, 5.41) is 0. The zero-order valence-electron chi connectivity index (χ0n) is 10.6. The molecule has 90 valence electrons. The number of aryl methyl sites for hydroxylation is 1. The standard InChI is InChI=1S/C14H24N2/c1-3-4-10-16(11-9-15)12-14-7-5-13(2)6-8-14/h5-8H,3-4,9-12,15H2,1-2H3. The number of nitrogens with zero attached hydrogens (tertiary/aromatic N) is 1. The lowest BCUT2D eigenvalue weighted by atomic mass is 10.1. The van der Waals surface area contributed by atoms with Gasteiger partial charge in [-0.15, -0.1) is 0 Å². The fourth-order valence-corrected chi connectivity index (χ4v) is 1.79. The van der Waals surface area contributed by atoms with Crippen LogP contribution in [0.15, 0.2) is 24.3 Å². The highest BCUT2D eigenvalue weighted by molar-refractivity contribution is 5.21. The van der Waals surface area contributed by atoms with Gasteiger partial charge in [-0.2, -0.15) is 0 Å². The normalized spacial score (nSPS) is 11.0. The van der Waals surface area contributed by atoms with Gasteiger partial charge in [-0.05, 0) is 25.5 Å². The van der Waals surface area contributed by atoms with E-state index in [9.17, 15) is 0 Å². The first-order chi connectivity index (χ1) is 7.76. The molecule has 2 N–H and O–H groups in total. The maximum atomic E-state index is 5.64. The zero-order chi connectivity index (χ0) is 11.8. The summed E-state index contributed by atoms with van der Waals surface area (Å²) in [6.07, 6.45) is 2.50. The van der Waals surface area contributed by atoms with Crippen molar-refractivity contribution < 1.29 is 0 Å². The minimum atomic E-state index is 0.746. The van der Waals surface area contributed by atoms with Crippen molar-refractivity contribution in [3.05, 3.63) is 35.4 Å². The predicted molar refractivity (Wildman–Crippen MR) is 70.4 cm³/mol. The lowest BCUT2D eigenvalue weighted by Gasteiger charge is -2.21. The SMILES string of the molecule is CCCCN(CCN)Cc1ccc(C)cc1. The van der Waals surface area contributed by atoms with Crippen LogP contribution in [0.4, 0.5) is 0 Å². The number of hydrogen-bond donors (Lipinski definition) is 1. The maximum absolute atomic E-state index is 5.64. The van der Waals surface area contributed by atoms with Gasteiger partial charge in [0.15, 0.2) is 0 Å². The van der Waals surface area contributed by atoms with Crippen LogP contribution in [0.1, 0.15) is 30.9 Å². The second-order valence-corrected chi connectivity index (χ2v) is 4.40. The molecule has 0 bridgehead atoms. The van der Waals surface area contributed by atoms with Crippen LogP contribution in [0.25, 0.3) is 0 Å². The Balaban J connectivity index is 2.49. The molecule has 0 spiro atoms. The number of rotatable bonds is 7.